The van der Waals surface area contributed by atoms with Crippen molar-refractivity contribution in [1.29, 1.82) is 0 Å². The highest BCUT2D eigenvalue weighted by Gasteiger charge is 2.33. The van der Waals surface area contributed by atoms with Crippen LogP contribution in [0.1, 0.15) is 45.0 Å². The van der Waals surface area contributed by atoms with Gasteiger partial charge in [0.15, 0.2) is 17.2 Å². The van der Waals surface area contributed by atoms with Crippen LogP contribution in [0.4, 0.5) is 13.2 Å². The number of benzene rings is 1. The zero-order valence-corrected chi connectivity index (χ0v) is 16.9. The van der Waals surface area contributed by atoms with Crippen LogP contribution in [-0.2, 0) is 17.5 Å². The number of hydrogen-bond acceptors (Lipinski definition) is 4. The van der Waals surface area contributed by atoms with Crippen molar-refractivity contribution in [2.24, 2.45) is 5.92 Å². The van der Waals surface area contributed by atoms with Crippen molar-refractivity contribution in [1.82, 2.24) is 15.1 Å². The Bertz CT molecular complexity index is 819. The molecule has 0 fully saturated rings. The standard InChI is InChI=1S/C20H26F3N3O3/c1-5-28-15-8-7-14(11-16(15)29-6-2)19(13(3)4)24-18(27)12-26-10-9-17(25-26)20(21,22)23/h7-11,13,19H,5-6,12H2,1-4H3,(H,24,27). The van der Waals surface area contributed by atoms with Crippen molar-refractivity contribution in [2.75, 3.05) is 13.2 Å². The lowest BCUT2D eigenvalue weighted by atomic mass is 9.95. The molecule has 2 rings (SSSR count). The fourth-order valence-corrected chi connectivity index (χ4v) is 2.86. The maximum Gasteiger partial charge on any atom is 0.435 e. The summed E-state index contributed by atoms with van der Waals surface area (Å²) in [7, 11) is 0. The van der Waals surface area contributed by atoms with E-state index in [1.807, 2.05) is 39.8 Å². The minimum absolute atomic E-state index is 0.0368. The van der Waals surface area contributed by atoms with E-state index in [2.05, 4.69) is 10.4 Å². The molecule has 29 heavy (non-hydrogen) atoms. The van der Waals surface area contributed by atoms with E-state index in [4.69, 9.17) is 9.47 Å². The van der Waals surface area contributed by atoms with Gasteiger partial charge in [-0.1, -0.05) is 19.9 Å². The van der Waals surface area contributed by atoms with Gasteiger partial charge in [0, 0.05) is 6.20 Å². The minimum Gasteiger partial charge on any atom is -0.490 e. The average Bonchev–Trinajstić information content (AvgIpc) is 3.10. The van der Waals surface area contributed by atoms with Crippen LogP contribution >= 0.6 is 0 Å². The Hall–Kier alpha value is -2.71. The number of amides is 1. The summed E-state index contributed by atoms with van der Waals surface area (Å²) in [5.41, 5.74) is -0.213. The summed E-state index contributed by atoms with van der Waals surface area (Å²) in [5, 5.41) is 6.28. The Morgan fingerprint density at radius 3 is 2.34 bits per heavy atom. The molecule has 1 amide bonds. The zero-order valence-electron chi connectivity index (χ0n) is 16.9. The molecule has 2 aromatic rings. The first kappa shape index (κ1) is 22.6. The lowest BCUT2D eigenvalue weighted by Crippen LogP contribution is -2.34. The molecule has 1 heterocycles. The highest BCUT2D eigenvalue weighted by atomic mass is 19.4. The SMILES string of the molecule is CCOc1ccc(C(NC(=O)Cn2ccc(C(F)(F)F)n2)C(C)C)cc1OCC. The molecule has 6 nitrogen and oxygen atoms in total. The van der Waals surface area contributed by atoms with Crippen molar-refractivity contribution in [3.63, 3.8) is 0 Å². The molecule has 1 N–H and O–H groups in total. The van der Waals surface area contributed by atoms with Crippen LogP contribution in [0.25, 0.3) is 0 Å². The largest absolute Gasteiger partial charge is 0.490 e. The number of halogens is 3. The second-order valence-corrected chi connectivity index (χ2v) is 6.76. The van der Waals surface area contributed by atoms with Crippen LogP contribution in [0.3, 0.4) is 0 Å². The second kappa shape index (κ2) is 9.67. The third-order valence-electron chi connectivity index (χ3n) is 4.15. The fraction of sp³-hybridized carbons (Fsp3) is 0.500. The third kappa shape index (κ3) is 6.13. The van der Waals surface area contributed by atoms with Gasteiger partial charge in [0.1, 0.15) is 6.54 Å². The van der Waals surface area contributed by atoms with Gasteiger partial charge in [-0.3, -0.25) is 9.48 Å². The molecule has 0 bridgehead atoms. The fourth-order valence-electron chi connectivity index (χ4n) is 2.86. The first-order chi connectivity index (χ1) is 13.7. The monoisotopic (exact) mass is 413 g/mol. The molecule has 0 aliphatic heterocycles. The van der Waals surface area contributed by atoms with Crippen molar-refractivity contribution >= 4 is 5.91 Å². The summed E-state index contributed by atoms with van der Waals surface area (Å²) < 4.78 is 50.2. The van der Waals surface area contributed by atoms with E-state index < -0.39 is 17.8 Å². The number of nitrogens with zero attached hydrogens (tertiary/aromatic N) is 2. The van der Waals surface area contributed by atoms with Gasteiger partial charge in [0.2, 0.25) is 5.91 Å². The Morgan fingerprint density at radius 2 is 1.79 bits per heavy atom. The van der Waals surface area contributed by atoms with E-state index in [9.17, 15) is 18.0 Å². The Labute approximate surface area is 168 Å². The summed E-state index contributed by atoms with van der Waals surface area (Å²) in [4.78, 5) is 12.4. The molecule has 0 saturated carbocycles. The summed E-state index contributed by atoms with van der Waals surface area (Å²) in [6, 6.07) is 5.93. The van der Waals surface area contributed by atoms with Crippen molar-refractivity contribution in [3.05, 3.63) is 41.7 Å². The van der Waals surface area contributed by atoms with Gasteiger partial charge in [0.05, 0.1) is 19.3 Å². The van der Waals surface area contributed by atoms with Crippen LogP contribution in [0, 0.1) is 5.92 Å². The molecule has 0 radical (unpaired) electrons. The molecular weight excluding hydrogens is 387 g/mol. The van der Waals surface area contributed by atoms with Gasteiger partial charge in [-0.05, 0) is 43.5 Å². The number of aromatic nitrogens is 2. The number of ether oxygens (including phenoxy) is 2. The molecule has 1 aromatic heterocycles. The average molecular weight is 413 g/mol. The van der Waals surface area contributed by atoms with Gasteiger partial charge in [-0.2, -0.15) is 18.3 Å². The molecule has 1 aromatic carbocycles. The number of rotatable bonds is 9. The molecule has 0 saturated heterocycles. The summed E-state index contributed by atoms with van der Waals surface area (Å²) in [6.45, 7) is 8.27. The Balaban J connectivity index is 2.16. The van der Waals surface area contributed by atoms with Crippen LogP contribution in [0.5, 0.6) is 11.5 Å². The highest BCUT2D eigenvalue weighted by Crippen LogP contribution is 2.33. The maximum absolute atomic E-state index is 12.7. The maximum atomic E-state index is 12.7. The smallest absolute Gasteiger partial charge is 0.435 e. The number of carbonyl (C=O) groups excluding carboxylic acids is 1. The predicted octanol–water partition coefficient (Wildman–Crippen LogP) is 4.21. The molecule has 0 spiro atoms. The van der Waals surface area contributed by atoms with Crippen LogP contribution in [0.2, 0.25) is 0 Å². The minimum atomic E-state index is -4.54. The van der Waals surface area contributed by atoms with E-state index in [-0.39, 0.29) is 18.5 Å². The normalized spacial score (nSPS) is 12.7. The molecule has 0 aliphatic carbocycles. The van der Waals surface area contributed by atoms with Crippen molar-refractivity contribution in [3.8, 4) is 11.5 Å². The number of nitrogens with one attached hydrogen (secondary N) is 1. The van der Waals surface area contributed by atoms with Gasteiger partial charge in [0.25, 0.3) is 0 Å². The molecule has 0 aliphatic rings. The van der Waals surface area contributed by atoms with Gasteiger partial charge in [-0.15, -0.1) is 0 Å². The molecular formula is C20H26F3N3O3. The number of alkyl halides is 3. The summed E-state index contributed by atoms with van der Waals surface area (Å²) in [6.07, 6.45) is -3.41. The quantitative estimate of drug-likeness (QED) is 0.669. The van der Waals surface area contributed by atoms with E-state index in [1.165, 1.54) is 0 Å². The van der Waals surface area contributed by atoms with E-state index >= 15 is 0 Å². The number of carbonyl (C=O) groups is 1. The van der Waals surface area contributed by atoms with E-state index in [1.54, 1.807) is 6.07 Å². The molecule has 9 heteroatoms. The third-order valence-corrected chi connectivity index (χ3v) is 4.15. The highest BCUT2D eigenvalue weighted by molar-refractivity contribution is 5.76. The summed E-state index contributed by atoms with van der Waals surface area (Å²) in [5.74, 6) is 0.791. The van der Waals surface area contributed by atoms with Crippen molar-refractivity contribution in [2.45, 2.75) is 46.5 Å². The zero-order chi connectivity index (χ0) is 21.6. The first-order valence-electron chi connectivity index (χ1n) is 9.45. The molecule has 1 unspecified atom stereocenters. The second-order valence-electron chi connectivity index (χ2n) is 6.76. The van der Waals surface area contributed by atoms with Crippen molar-refractivity contribution < 1.29 is 27.4 Å². The van der Waals surface area contributed by atoms with Crippen LogP contribution in [-0.4, -0.2) is 28.9 Å². The number of hydrogen-bond donors (Lipinski definition) is 1. The predicted molar refractivity (Wildman–Crippen MR) is 102 cm³/mol. The lowest BCUT2D eigenvalue weighted by molar-refractivity contribution is -0.141. The van der Waals surface area contributed by atoms with Crippen LogP contribution in [0.15, 0.2) is 30.5 Å². The van der Waals surface area contributed by atoms with Gasteiger partial charge >= 0.3 is 6.18 Å². The van der Waals surface area contributed by atoms with Gasteiger partial charge in [-0.25, -0.2) is 0 Å². The molecule has 160 valence electrons. The first-order valence-corrected chi connectivity index (χ1v) is 9.45. The van der Waals surface area contributed by atoms with Crippen LogP contribution < -0.4 is 14.8 Å². The van der Waals surface area contributed by atoms with E-state index in [0.29, 0.717) is 24.7 Å². The van der Waals surface area contributed by atoms with Gasteiger partial charge < -0.3 is 14.8 Å². The molecule has 1 atom stereocenters. The Morgan fingerprint density at radius 1 is 1.14 bits per heavy atom. The lowest BCUT2D eigenvalue weighted by Gasteiger charge is -2.24. The topological polar surface area (TPSA) is 65.4 Å². The Kier molecular flexibility index (Phi) is 7.53. The summed E-state index contributed by atoms with van der Waals surface area (Å²) >= 11 is 0. The van der Waals surface area contributed by atoms with E-state index in [0.717, 1.165) is 22.5 Å².